The zero-order valence-corrected chi connectivity index (χ0v) is 15.6. The number of carbonyl (C=O) groups excluding carboxylic acids is 1. The summed E-state index contributed by atoms with van der Waals surface area (Å²) in [7, 11) is 0. The van der Waals surface area contributed by atoms with Crippen molar-refractivity contribution in [2.75, 3.05) is 19.6 Å². The van der Waals surface area contributed by atoms with Gasteiger partial charge in [-0.15, -0.1) is 12.4 Å². The zero-order valence-electron chi connectivity index (χ0n) is 14.1. The van der Waals surface area contributed by atoms with Crippen molar-refractivity contribution in [1.82, 2.24) is 20.4 Å². The highest BCUT2D eigenvalue weighted by Gasteiger charge is 2.28. The molecule has 136 valence electrons. The third-order valence-electron chi connectivity index (χ3n) is 4.18. The van der Waals surface area contributed by atoms with Crippen molar-refractivity contribution in [1.29, 1.82) is 0 Å². The highest BCUT2D eigenvalue weighted by atomic mass is 35.5. The van der Waals surface area contributed by atoms with Crippen molar-refractivity contribution in [3.05, 3.63) is 46.6 Å². The van der Waals surface area contributed by atoms with Crippen molar-refractivity contribution in [2.24, 2.45) is 0 Å². The molecule has 1 aliphatic heterocycles. The van der Waals surface area contributed by atoms with Gasteiger partial charge in [0.25, 0.3) is 0 Å². The topological polar surface area (TPSA) is 71.3 Å². The van der Waals surface area contributed by atoms with Crippen molar-refractivity contribution in [3.8, 4) is 0 Å². The maximum atomic E-state index is 12.7. The lowest BCUT2D eigenvalue weighted by Gasteiger charge is -2.37. The lowest BCUT2D eigenvalue weighted by atomic mass is 10.0. The average molecular weight is 385 g/mol. The molecule has 0 aliphatic carbocycles. The van der Waals surface area contributed by atoms with Gasteiger partial charge in [-0.25, -0.2) is 0 Å². The van der Waals surface area contributed by atoms with Crippen molar-refractivity contribution >= 4 is 29.9 Å². The number of aromatic nitrogens is 2. The molecule has 1 N–H and O–H groups in total. The minimum Gasteiger partial charge on any atom is -0.339 e. The Morgan fingerprint density at radius 3 is 2.96 bits per heavy atom. The molecule has 1 saturated heterocycles. The Kier molecular flexibility index (Phi) is 7.23. The second-order valence-corrected chi connectivity index (χ2v) is 6.32. The summed E-state index contributed by atoms with van der Waals surface area (Å²) in [5.74, 6) is 1.35. The highest BCUT2D eigenvalue weighted by Crippen LogP contribution is 2.29. The third kappa shape index (κ3) is 4.93. The quantitative estimate of drug-likeness (QED) is 0.857. The molecule has 2 heterocycles. The number of rotatable bonds is 5. The van der Waals surface area contributed by atoms with Gasteiger partial charge in [0.2, 0.25) is 11.8 Å². The summed E-state index contributed by atoms with van der Waals surface area (Å²) < 4.78 is 5.08. The second kappa shape index (κ2) is 9.17. The Balaban J connectivity index is 0.00000225. The van der Waals surface area contributed by atoms with Crippen LogP contribution in [0.2, 0.25) is 5.02 Å². The Labute approximate surface area is 158 Å². The van der Waals surface area contributed by atoms with Gasteiger partial charge < -0.3 is 14.7 Å². The number of hydrogen-bond acceptors (Lipinski definition) is 5. The highest BCUT2D eigenvalue weighted by molar-refractivity contribution is 6.31. The zero-order chi connectivity index (χ0) is 16.9. The van der Waals surface area contributed by atoms with E-state index in [1.807, 2.05) is 29.2 Å². The van der Waals surface area contributed by atoms with E-state index >= 15 is 0 Å². The smallest absolute Gasteiger partial charge is 0.226 e. The summed E-state index contributed by atoms with van der Waals surface area (Å²) >= 11 is 6.32. The minimum absolute atomic E-state index is 0. The molecule has 2 aromatic rings. The first-order valence-electron chi connectivity index (χ1n) is 8.19. The third-order valence-corrected chi connectivity index (χ3v) is 4.52. The van der Waals surface area contributed by atoms with Crippen LogP contribution in [-0.2, 0) is 11.2 Å². The van der Waals surface area contributed by atoms with Crippen LogP contribution >= 0.6 is 24.0 Å². The second-order valence-electron chi connectivity index (χ2n) is 5.92. The molecular formula is C17H22Cl2N4O2. The fourth-order valence-corrected chi connectivity index (χ4v) is 3.26. The van der Waals surface area contributed by atoms with Gasteiger partial charge in [0.05, 0.1) is 6.04 Å². The summed E-state index contributed by atoms with van der Waals surface area (Å²) in [6.07, 6.45) is 1.78. The number of amides is 1. The van der Waals surface area contributed by atoms with Crippen LogP contribution in [0.4, 0.5) is 0 Å². The number of nitrogens with zero attached hydrogens (tertiary/aromatic N) is 3. The predicted octanol–water partition coefficient (Wildman–Crippen LogP) is 2.95. The molecule has 0 radical (unpaired) electrons. The van der Waals surface area contributed by atoms with E-state index in [9.17, 15) is 4.79 Å². The van der Waals surface area contributed by atoms with Gasteiger partial charge in [-0.3, -0.25) is 4.79 Å². The maximum absolute atomic E-state index is 12.7. The van der Waals surface area contributed by atoms with Gasteiger partial charge in [-0.1, -0.05) is 35.0 Å². The van der Waals surface area contributed by atoms with Crippen LogP contribution in [-0.4, -0.2) is 40.6 Å². The summed E-state index contributed by atoms with van der Waals surface area (Å²) in [4.78, 5) is 18.8. The minimum atomic E-state index is -0.0226. The van der Waals surface area contributed by atoms with E-state index in [4.69, 9.17) is 16.1 Å². The van der Waals surface area contributed by atoms with Crippen molar-refractivity contribution < 1.29 is 9.32 Å². The molecule has 1 aliphatic rings. The number of nitrogens with one attached hydrogen (secondary N) is 1. The molecule has 6 nitrogen and oxygen atoms in total. The fraction of sp³-hybridized carbons (Fsp3) is 0.471. The largest absolute Gasteiger partial charge is 0.339 e. The van der Waals surface area contributed by atoms with Gasteiger partial charge in [0, 0.05) is 37.5 Å². The van der Waals surface area contributed by atoms with Crippen LogP contribution in [0.1, 0.15) is 36.2 Å². The Morgan fingerprint density at radius 1 is 1.44 bits per heavy atom. The van der Waals surface area contributed by atoms with Crippen LogP contribution in [0.25, 0.3) is 0 Å². The van der Waals surface area contributed by atoms with E-state index in [0.717, 1.165) is 18.7 Å². The molecule has 0 saturated carbocycles. The molecular weight excluding hydrogens is 363 g/mol. The molecule has 25 heavy (non-hydrogen) atoms. The summed E-state index contributed by atoms with van der Waals surface area (Å²) in [5, 5.41) is 7.80. The number of carbonyl (C=O) groups is 1. The summed E-state index contributed by atoms with van der Waals surface area (Å²) in [6, 6.07) is 7.69. The summed E-state index contributed by atoms with van der Waals surface area (Å²) in [5.41, 5.74) is 0.993. The van der Waals surface area contributed by atoms with Gasteiger partial charge in [-0.05, 0) is 25.0 Å². The first kappa shape index (κ1) is 19.7. The number of aryl methyl sites for hydroxylation is 2. The van der Waals surface area contributed by atoms with E-state index in [-0.39, 0.29) is 24.4 Å². The van der Waals surface area contributed by atoms with Gasteiger partial charge >= 0.3 is 0 Å². The molecule has 1 amide bonds. The Hall–Kier alpha value is -1.63. The normalized spacial score (nSPS) is 17.2. The van der Waals surface area contributed by atoms with E-state index in [1.54, 1.807) is 6.92 Å². The number of halogens is 2. The maximum Gasteiger partial charge on any atom is 0.226 e. The number of piperazine rings is 1. The van der Waals surface area contributed by atoms with Gasteiger partial charge in [-0.2, -0.15) is 4.98 Å². The molecule has 1 atom stereocenters. The predicted molar refractivity (Wildman–Crippen MR) is 98.0 cm³/mol. The Bertz CT molecular complexity index is 707. The molecule has 1 aromatic carbocycles. The van der Waals surface area contributed by atoms with E-state index < -0.39 is 0 Å². The van der Waals surface area contributed by atoms with Crippen molar-refractivity contribution in [2.45, 2.75) is 32.2 Å². The molecule has 1 aromatic heterocycles. The standard InChI is InChI=1S/C17H21ClN4O2.ClH/c1-12-20-16(24-21-12)7-4-8-17(23)22-10-9-19-11-15(22)13-5-2-3-6-14(13)18;/h2-3,5-6,15,19H,4,7-11H2,1H3;1H. The van der Waals surface area contributed by atoms with Crippen LogP contribution in [0, 0.1) is 6.92 Å². The number of benzene rings is 1. The van der Waals surface area contributed by atoms with E-state index in [0.29, 0.717) is 42.5 Å². The molecule has 8 heteroatoms. The van der Waals surface area contributed by atoms with Gasteiger partial charge in [0.1, 0.15) is 0 Å². The van der Waals surface area contributed by atoms with Crippen LogP contribution in [0.3, 0.4) is 0 Å². The van der Waals surface area contributed by atoms with E-state index in [1.165, 1.54) is 0 Å². The van der Waals surface area contributed by atoms with Crippen LogP contribution in [0.5, 0.6) is 0 Å². The molecule has 1 unspecified atom stereocenters. The lowest BCUT2D eigenvalue weighted by Crippen LogP contribution is -2.48. The lowest BCUT2D eigenvalue weighted by molar-refractivity contribution is -0.134. The molecule has 0 spiro atoms. The first-order valence-corrected chi connectivity index (χ1v) is 8.57. The van der Waals surface area contributed by atoms with Crippen LogP contribution in [0.15, 0.2) is 28.8 Å². The SMILES string of the molecule is Cc1noc(CCCC(=O)N2CCNCC2c2ccccc2Cl)n1.Cl. The fourth-order valence-electron chi connectivity index (χ4n) is 3.00. The van der Waals surface area contributed by atoms with Crippen LogP contribution < -0.4 is 5.32 Å². The molecule has 3 rings (SSSR count). The number of hydrogen-bond donors (Lipinski definition) is 1. The monoisotopic (exact) mass is 384 g/mol. The molecule has 0 bridgehead atoms. The van der Waals surface area contributed by atoms with E-state index in [2.05, 4.69) is 15.5 Å². The Morgan fingerprint density at radius 2 is 2.24 bits per heavy atom. The summed E-state index contributed by atoms with van der Waals surface area (Å²) in [6.45, 7) is 4.00. The average Bonchev–Trinajstić information content (AvgIpc) is 3.00. The van der Waals surface area contributed by atoms with Crippen molar-refractivity contribution in [3.63, 3.8) is 0 Å². The van der Waals surface area contributed by atoms with Gasteiger partial charge in [0.15, 0.2) is 5.82 Å². The first-order chi connectivity index (χ1) is 11.6. The molecule has 1 fully saturated rings.